The van der Waals surface area contributed by atoms with Crippen molar-refractivity contribution in [3.63, 3.8) is 0 Å². The van der Waals surface area contributed by atoms with E-state index < -0.39 is 16.5 Å². The molecule has 0 amide bonds. The first kappa shape index (κ1) is 13.4. The highest BCUT2D eigenvalue weighted by molar-refractivity contribution is 7.80. The van der Waals surface area contributed by atoms with E-state index in [1.807, 2.05) is 0 Å². The molecule has 0 aromatic rings. The van der Waals surface area contributed by atoms with Crippen LogP contribution in [0.4, 0.5) is 0 Å². The third-order valence-electron chi connectivity index (χ3n) is 0.818. The predicted molar refractivity (Wildman–Crippen MR) is 37.9 cm³/mol. The standard InChI is InChI=1S/C4H10O5S.H3N/c1-4(2-3-5)9-10(6,7)8;/h4-5H,2-3H2,1H3,(H,6,7,8);1H3. The van der Waals surface area contributed by atoms with Gasteiger partial charge in [0.15, 0.2) is 0 Å². The van der Waals surface area contributed by atoms with Crippen LogP contribution in [-0.4, -0.2) is 30.8 Å². The first-order valence-electron chi connectivity index (χ1n) is 2.70. The summed E-state index contributed by atoms with van der Waals surface area (Å²) in [6.45, 7) is 1.20. The third-order valence-corrected chi connectivity index (χ3v) is 1.38. The van der Waals surface area contributed by atoms with Crippen LogP contribution >= 0.6 is 0 Å². The molecule has 11 heavy (non-hydrogen) atoms. The normalized spacial score (nSPS) is 13.7. The van der Waals surface area contributed by atoms with E-state index in [1.165, 1.54) is 6.92 Å². The van der Waals surface area contributed by atoms with Gasteiger partial charge in [-0.1, -0.05) is 0 Å². The highest BCUT2D eigenvalue weighted by Crippen LogP contribution is 1.99. The maximum Gasteiger partial charge on any atom is 0.217 e. The maximum absolute atomic E-state index is 9.86. The minimum Gasteiger partial charge on any atom is -0.726 e. The van der Waals surface area contributed by atoms with Crippen LogP contribution in [0.3, 0.4) is 0 Å². The van der Waals surface area contributed by atoms with Crippen molar-refractivity contribution in [3.05, 3.63) is 0 Å². The lowest BCUT2D eigenvalue weighted by molar-refractivity contribution is 0.155. The molecule has 7 heteroatoms. The number of quaternary nitrogens is 1. The van der Waals surface area contributed by atoms with Gasteiger partial charge in [-0.2, -0.15) is 0 Å². The molecule has 0 aromatic heterocycles. The van der Waals surface area contributed by atoms with Gasteiger partial charge in [0.1, 0.15) is 0 Å². The summed E-state index contributed by atoms with van der Waals surface area (Å²) in [5.74, 6) is 0. The second-order valence-corrected chi connectivity index (χ2v) is 2.84. The van der Waals surface area contributed by atoms with Crippen molar-refractivity contribution in [2.75, 3.05) is 6.61 Å². The fourth-order valence-corrected chi connectivity index (χ4v) is 0.930. The minimum atomic E-state index is -4.61. The van der Waals surface area contributed by atoms with Crippen molar-refractivity contribution in [1.29, 1.82) is 0 Å². The predicted octanol–water partition coefficient (Wildman–Crippen LogP) is -0.390. The van der Waals surface area contributed by atoms with Gasteiger partial charge >= 0.3 is 0 Å². The van der Waals surface area contributed by atoms with Gasteiger partial charge in [0, 0.05) is 6.61 Å². The van der Waals surface area contributed by atoms with E-state index in [-0.39, 0.29) is 19.2 Å². The Balaban J connectivity index is 0. The summed E-state index contributed by atoms with van der Waals surface area (Å²) < 4.78 is 33.5. The number of aliphatic hydroxyl groups excluding tert-OH is 1. The lowest BCUT2D eigenvalue weighted by Gasteiger charge is -2.12. The summed E-state index contributed by atoms with van der Waals surface area (Å²) in [5, 5.41) is 8.26. The molecule has 0 aliphatic rings. The van der Waals surface area contributed by atoms with E-state index in [4.69, 9.17) is 5.11 Å². The van der Waals surface area contributed by atoms with Gasteiger partial charge in [-0.15, -0.1) is 0 Å². The molecule has 0 fully saturated rings. The highest BCUT2D eigenvalue weighted by Gasteiger charge is 2.04. The van der Waals surface area contributed by atoms with E-state index in [0.717, 1.165) is 0 Å². The molecule has 0 bridgehead atoms. The van der Waals surface area contributed by atoms with Gasteiger partial charge in [0.2, 0.25) is 10.4 Å². The van der Waals surface area contributed by atoms with Crippen molar-refractivity contribution in [2.45, 2.75) is 19.4 Å². The van der Waals surface area contributed by atoms with Crippen LogP contribution in [0.1, 0.15) is 13.3 Å². The van der Waals surface area contributed by atoms with Gasteiger partial charge in [-0.25, -0.2) is 8.42 Å². The van der Waals surface area contributed by atoms with Gasteiger partial charge in [-0.3, -0.25) is 4.18 Å². The monoisotopic (exact) mass is 187 g/mol. The zero-order valence-electron chi connectivity index (χ0n) is 6.48. The lowest BCUT2D eigenvalue weighted by Crippen LogP contribution is -2.15. The summed E-state index contributed by atoms with van der Waals surface area (Å²) >= 11 is 0. The molecule has 0 radical (unpaired) electrons. The molecule has 0 aliphatic heterocycles. The first-order chi connectivity index (χ1) is 4.45. The Morgan fingerprint density at radius 1 is 1.64 bits per heavy atom. The summed E-state index contributed by atoms with van der Waals surface area (Å²) in [7, 11) is -4.61. The molecule has 0 saturated heterocycles. The largest absolute Gasteiger partial charge is 0.726 e. The average Bonchev–Trinajstić information content (AvgIpc) is 1.59. The molecule has 5 N–H and O–H groups in total. The van der Waals surface area contributed by atoms with Crippen LogP contribution in [0, 0.1) is 0 Å². The SMILES string of the molecule is CC(CCO)OS(=O)(=O)[O-].[NH4+]. The Morgan fingerprint density at radius 3 is 2.36 bits per heavy atom. The smallest absolute Gasteiger partial charge is 0.217 e. The quantitative estimate of drug-likeness (QED) is 0.458. The Morgan fingerprint density at radius 2 is 2.09 bits per heavy atom. The Bertz CT molecular complexity index is 177. The van der Waals surface area contributed by atoms with Gasteiger partial charge < -0.3 is 15.8 Å². The summed E-state index contributed by atoms with van der Waals surface area (Å²) in [6, 6.07) is 0. The van der Waals surface area contributed by atoms with Crippen LogP contribution in [0.25, 0.3) is 0 Å². The second kappa shape index (κ2) is 5.44. The van der Waals surface area contributed by atoms with Crippen LogP contribution in [-0.2, 0) is 14.6 Å². The molecular formula is C4H13NO5S. The lowest BCUT2D eigenvalue weighted by atomic mass is 10.3. The molecule has 0 rings (SSSR count). The number of hydrogen-bond acceptors (Lipinski definition) is 5. The van der Waals surface area contributed by atoms with Gasteiger partial charge in [0.25, 0.3) is 0 Å². The topological polar surface area (TPSA) is 123 Å². The van der Waals surface area contributed by atoms with Crippen molar-refractivity contribution < 1.29 is 22.3 Å². The Kier molecular flexibility index (Phi) is 6.62. The second-order valence-electron chi connectivity index (χ2n) is 1.83. The van der Waals surface area contributed by atoms with E-state index in [1.54, 1.807) is 0 Å². The molecule has 1 atom stereocenters. The minimum absolute atomic E-state index is 0. The number of aliphatic hydroxyl groups is 1. The van der Waals surface area contributed by atoms with Gasteiger partial charge in [-0.05, 0) is 13.3 Å². The molecule has 0 aromatic carbocycles. The number of hydrogen-bond donors (Lipinski definition) is 2. The van der Waals surface area contributed by atoms with Crippen molar-refractivity contribution in [2.24, 2.45) is 0 Å². The van der Waals surface area contributed by atoms with Gasteiger partial charge in [0.05, 0.1) is 6.10 Å². The number of rotatable bonds is 4. The zero-order chi connectivity index (χ0) is 8.20. The van der Waals surface area contributed by atoms with Crippen LogP contribution in [0.2, 0.25) is 0 Å². The average molecular weight is 187 g/mol. The van der Waals surface area contributed by atoms with E-state index in [0.29, 0.717) is 0 Å². The van der Waals surface area contributed by atoms with Crippen LogP contribution in [0.5, 0.6) is 0 Å². The molecule has 70 valence electrons. The Hall–Kier alpha value is -0.210. The molecule has 6 nitrogen and oxygen atoms in total. The molecule has 0 saturated carbocycles. The Labute approximate surface area is 65.7 Å². The molecule has 0 heterocycles. The van der Waals surface area contributed by atoms with Crippen molar-refractivity contribution >= 4 is 10.4 Å². The van der Waals surface area contributed by atoms with E-state index >= 15 is 0 Å². The van der Waals surface area contributed by atoms with Crippen molar-refractivity contribution in [3.8, 4) is 0 Å². The summed E-state index contributed by atoms with van der Waals surface area (Å²) in [5.41, 5.74) is 0. The summed E-state index contributed by atoms with van der Waals surface area (Å²) in [4.78, 5) is 0. The zero-order valence-corrected chi connectivity index (χ0v) is 7.30. The van der Waals surface area contributed by atoms with Crippen LogP contribution < -0.4 is 6.15 Å². The highest BCUT2D eigenvalue weighted by atomic mass is 32.3. The summed E-state index contributed by atoms with van der Waals surface area (Å²) in [6.07, 6.45) is -0.603. The third kappa shape index (κ3) is 9.79. The van der Waals surface area contributed by atoms with E-state index in [2.05, 4.69) is 4.18 Å². The molecular weight excluding hydrogens is 174 g/mol. The first-order valence-corrected chi connectivity index (χ1v) is 4.04. The van der Waals surface area contributed by atoms with Crippen LogP contribution in [0.15, 0.2) is 0 Å². The fraction of sp³-hybridized carbons (Fsp3) is 1.00. The maximum atomic E-state index is 9.86. The molecule has 1 unspecified atom stereocenters. The molecule has 0 aliphatic carbocycles. The van der Waals surface area contributed by atoms with E-state index in [9.17, 15) is 13.0 Å². The fourth-order valence-electron chi connectivity index (χ4n) is 0.431. The molecule has 0 spiro atoms. The van der Waals surface area contributed by atoms with Crippen molar-refractivity contribution in [1.82, 2.24) is 6.15 Å².